The third-order valence-electron chi connectivity index (χ3n) is 5.82. The second-order valence-electron chi connectivity index (χ2n) is 7.80. The molecule has 0 radical (unpaired) electrons. The maximum absolute atomic E-state index is 13.9. The number of amides is 1. The van der Waals surface area contributed by atoms with E-state index in [1.807, 2.05) is 12.3 Å². The van der Waals surface area contributed by atoms with Crippen LogP contribution >= 0.6 is 0 Å². The summed E-state index contributed by atoms with van der Waals surface area (Å²) in [7, 11) is 1.55. The van der Waals surface area contributed by atoms with Crippen LogP contribution in [0.5, 0.6) is 5.75 Å². The van der Waals surface area contributed by atoms with Crippen LogP contribution in [0.15, 0.2) is 36.7 Å². The summed E-state index contributed by atoms with van der Waals surface area (Å²) in [4.78, 5) is 21.0. The molecule has 0 unspecified atom stereocenters. The number of benzene rings is 1. The summed E-state index contributed by atoms with van der Waals surface area (Å²) in [6.07, 6.45) is 3.79. The Kier molecular flexibility index (Phi) is 5.52. The number of hydrogen-bond acceptors (Lipinski definition) is 7. The predicted octanol–water partition coefficient (Wildman–Crippen LogP) is 2.59. The van der Waals surface area contributed by atoms with Gasteiger partial charge in [0.2, 0.25) is 0 Å². The van der Waals surface area contributed by atoms with Crippen molar-refractivity contribution < 1.29 is 23.4 Å². The van der Waals surface area contributed by atoms with E-state index in [4.69, 9.17) is 19.2 Å². The van der Waals surface area contributed by atoms with E-state index >= 15 is 0 Å². The highest BCUT2D eigenvalue weighted by atomic mass is 19.1. The van der Waals surface area contributed by atoms with Crippen molar-refractivity contribution in [1.29, 1.82) is 0 Å². The van der Waals surface area contributed by atoms with Crippen LogP contribution in [0.1, 0.15) is 6.42 Å². The molecule has 0 saturated carbocycles. The fraction of sp³-hybridized carbons (Fsp3) is 0.409. The molecule has 1 atom stereocenters. The minimum Gasteiger partial charge on any atom is -0.496 e. The van der Waals surface area contributed by atoms with Crippen LogP contribution in [0.4, 0.5) is 15.0 Å². The number of anilines is 1. The number of nitrogens with zero attached hydrogens (tertiary/aromatic N) is 5. The maximum atomic E-state index is 13.9. The van der Waals surface area contributed by atoms with Gasteiger partial charge in [-0.3, -0.25) is 0 Å². The number of fused-ring (bicyclic) bond motifs is 1. The van der Waals surface area contributed by atoms with Crippen LogP contribution in [0.3, 0.4) is 0 Å². The Hall–Kier alpha value is -3.40. The lowest BCUT2D eigenvalue weighted by molar-refractivity contribution is 0.0534. The molecule has 1 aromatic carbocycles. The van der Waals surface area contributed by atoms with Crippen molar-refractivity contribution in [2.24, 2.45) is 0 Å². The molecule has 4 heterocycles. The number of methoxy groups -OCH3 is 1. The minimum atomic E-state index is -0.358. The van der Waals surface area contributed by atoms with Crippen molar-refractivity contribution >= 4 is 17.6 Å². The Morgan fingerprint density at radius 1 is 1.19 bits per heavy atom. The first-order valence-electron chi connectivity index (χ1n) is 10.6. The average molecular weight is 441 g/mol. The first-order chi connectivity index (χ1) is 15.6. The molecule has 0 N–H and O–H groups in total. The summed E-state index contributed by atoms with van der Waals surface area (Å²) in [6, 6.07) is 6.26. The van der Waals surface area contributed by atoms with Gasteiger partial charge in [0.25, 0.3) is 0 Å². The van der Waals surface area contributed by atoms with Crippen molar-refractivity contribution in [3.8, 4) is 16.9 Å². The predicted molar refractivity (Wildman–Crippen MR) is 114 cm³/mol. The largest absolute Gasteiger partial charge is 0.496 e. The molecule has 2 aromatic heterocycles. The Balaban J connectivity index is 1.33. The van der Waals surface area contributed by atoms with Gasteiger partial charge in [0.15, 0.2) is 5.65 Å². The second kappa shape index (κ2) is 8.62. The van der Waals surface area contributed by atoms with Crippen molar-refractivity contribution in [3.63, 3.8) is 0 Å². The number of ether oxygens (including phenoxy) is 3. The lowest BCUT2D eigenvalue weighted by Crippen LogP contribution is -2.49. The highest BCUT2D eigenvalue weighted by molar-refractivity contribution is 5.81. The first-order valence-corrected chi connectivity index (χ1v) is 10.6. The Morgan fingerprint density at radius 3 is 2.78 bits per heavy atom. The number of hydrogen-bond donors (Lipinski definition) is 0. The molecule has 9 nitrogen and oxygen atoms in total. The Bertz CT molecular complexity index is 1120. The fourth-order valence-corrected chi connectivity index (χ4v) is 4.06. The van der Waals surface area contributed by atoms with Crippen LogP contribution in [-0.2, 0) is 9.47 Å². The first kappa shape index (κ1) is 20.5. The lowest BCUT2D eigenvalue weighted by Gasteiger charge is -2.35. The topological polar surface area (TPSA) is 81.4 Å². The van der Waals surface area contributed by atoms with E-state index in [0.29, 0.717) is 61.9 Å². The summed E-state index contributed by atoms with van der Waals surface area (Å²) in [5, 5.41) is 4.35. The molecule has 168 valence electrons. The third kappa shape index (κ3) is 3.93. The lowest BCUT2D eigenvalue weighted by atomic mass is 10.1. The van der Waals surface area contributed by atoms with Gasteiger partial charge in [-0.05, 0) is 24.3 Å². The summed E-state index contributed by atoms with van der Waals surface area (Å²) in [6.45, 7) is 3.46. The van der Waals surface area contributed by atoms with E-state index in [9.17, 15) is 9.18 Å². The molecule has 0 bridgehead atoms. The Morgan fingerprint density at radius 2 is 2.03 bits per heavy atom. The Labute approximate surface area is 184 Å². The van der Waals surface area contributed by atoms with E-state index in [2.05, 4.69) is 10.00 Å². The molecule has 0 aliphatic carbocycles. The monoisotopic (exact) mass is 441 g/mol. The standard InChI is InChI=1S/C22H24FN5O4/c1-30-19-3-2-15(23)12-17(19)18-13-24-28-6-4-20(25-21(18)28)26-7-9-27(10-8-26)22(29)32-16-5-11-31-14-16/h2-4,6,12-13,16H,5,7-11,14H2,1H3/t16-/m1/s1. The van der Waals surface area contributed by atoms with Crippen molar-refractivity contribution in [2.45, 2.75) is 12.5 Å². The van der Waals surface area contributed by atoms with Crippen LogP contribution in [0.25, 0.3) is 16.8 Å². The van der Waals surface area contributed by atoms with E-state index in [-0.39, 0.29) is 18.0 Å². The van der Waals surface area contributed by atoms with Crippen LogP contribution in [0, 0.1) is 5.82 Å². The van der Waals surface area contributed by atoms with Crippen LogP contribution in [0.2, 0.25) is 0 Å². The normalized spacial score (nSPS) is 18.9. The molecule has 2 aliphatic rings. The van der Waals surface area contributed by atoms with Crippen LogP contribution in [-0.4, -0.2) is 78.2 Å². The highest BCUT2D eigenvalue weighted by Crippen LogP contribution is 2.33. The van der Waals surface area contributed by atoms with Gasteiger partial charge in [0.1, 0.15) is 23.5 Å². The number of carbonyl (C=O) groups excluding carboxylic acids is 1. The third-order valence-corrected chi connectivity index (χ3v) is 5.82. The minimum absolute atomic E-state index is 0.148. The van der Waals surface area contributed by atoms with Gasteiger partial charge in [-0.1, -0.05) is 0 Å². The second-order valence-corrected chi connectivity index (χ2v) is 7.80. The molecule has 2 saturated heterocycles. The molecule has 5 rings (SSSR count). The zero-order valence-corrected chi connectivity index (χ0v) is 17.7. The van der Waals surface area contributed by atoms with Crippen molar-refractivity contribution in [1.82, 2.24) is 19.5 Å². The van der Waals surface area contributed by atoms with Gasteiger partial charge >= 0.3 is 6.09 Å². The number of aromatic nitrogens is 3. The smallest absolute Gasteiger partial charge is 0.410 e. The van der Waals surface area contributed by atoms with Gasteiger partial charge in [-0.15, -0.1) is 0 Å². The number of rotatable bonds is 4. The summed E-state index contributed by atoms with van der Waals surface area (Å²) in [5.41, 5.74) is 1.88. The maximum Gasteiger partial charge on any atom is 0.410 e. The average Bonchev–Trinajstić information content (AvgIpc) is 3.48. The number of halogens is 1. The summed E-state index contributed by atoms with van der Waals surface area (Å²) >= 11 is 0. The quantitative estimate of drug-likeness (QED) is 0.616. The van der Waals surface area contributed by atoms with E-state index in [1.165, 1.54) is 12.1 Å². The van der Waals surface area contributed by atoms with Gasteiger partial charge in [-0.25, -0.2) is 18.7 Å². The van der Waals surface area contributed by atoms with Crippen LogP contribution < -0.4 is 9.64 Å². The molecular formula is C22H24FN5O4. The molecule has 1 amide bonds. The zero-order chi connectivity index (χ0) is 22.1. The summed E-state index contributed by atoms with van der Waals surface area (Å²) < 4.78 is 31.7. The molecule has 10 heteroatoms. The van der Waals surface area contributed by atoms with E-state index < -0.39 is 0 Å². The van der Waals surface area contributed by atoms with Gasteiger partial charge in [0, 0.05) is 44.4 Å². The van der Waals surface area contributed by atoms with Crippen molar-refractivity contribution in [3.05, 3.63) is 42.5 Å². The molecule has 3 aromatic rings. The molecule has 2 fully saturated rings. The van der Waals surface area contributed by atoms with Gasteiger partial charge < -0.3 is 24.0 Å². The molecular weight excluding hydrogens is 417 g/mol. The van der Waals surface area contributed by atoms with E-state index in [0.717, 1.165) is 12.2 Å². The molecule has 0 spiro atoms. The van der Waals surface area contributed by atoms with Gasteiger partial charge in [0.05, 0.1) is 32.1 Å². The van der Waals surface area contributed by atoms with Crippen molar-refractivity contribution in [2.75, 3.05) is 51.4 Å². The zero-order valence-electron chi connectivity index (χ0n) is 17.7. The number of piperazine rings is 1. The highest BCUT2D eigenvalue weighted by Gasteiger charge is 2.27. The summed E-state index contributed by atoms with van der Waals surface area (Å²) in [5.74, 6) is 0.962. The van der Waals surface area contributed by atoms with Gasteiger partial charge in [-0.2, -0.15) is 5.10 Å². The molecule has 2 aliphatic heterocycles. The molecule has 32 heavy (non-hydrogen) atoms. The fourth-order valence-electron chi connectivity index (χ4n) is 4.06. The SMILES string of the molecule is COc1ccc(F)cc1-c1cnn2ccc(N3CCN(C(=O)O[C@@H]4CCOC4)CC3)nc12. The number of carbonyl (C=O) groups is 1. The van der Waals surface area contributed by atoms with E-state index in [1.54, 1.807) is 28.8 Å².